The van der Waals surface area contributed by atoms with E-state index in [0.717, 1.165) is 18.2 Å². The molecule has 1 N–H and O–H groups in total. The van der Waals surface area contributed by atoms with Crippen LogP contribution in [0.15, 0.2) is 18.2 Å². The maximum absolute atomic E-state index is 11.4. The number of nitro groups is 2. The lowest BCUT2D eigenvalue weighted by Crippen LogP contribution is -2.27. The third kappa shape index (κ3) is 2.90. The summed E-state index contributed by atoms with van der Waals surface area (Å²) in [4.78, 5) is 32.3. The van der Waals surface area contributed by atoms with E-state index in [9.17, 15) is 25.0 Å². The summed E-state index contributed by atoms with van der Waals surface area (Å²) in [5.74, 6) is 0. The highest BCUT2D eigenvalue weighted by molar-refractivity contribution is 5.91. The Labute approximate surface area is 101 Å². The molecule has 18 heavy (non-hydrogen) atoms. The number of rotatable bonds is 3. The molecular weight excluding hydrogens is 244 g/mol. The van der Waals surface area contributed by atoms with E-state index in [4.69, 9.17) is 0 Å². The Kier molecular flexibility index (Phi) is 3.77. The normalized spacial score (nSPS) is 9.67. The van der Waals surface area contributed by atoms with Crippen LogP contribution in [0.5, 0.6) is 0 Å². The van der Waals surface area contributed by atoms with Gasteiger partial charge in [-0.15, -0.1) is 0 Å². The molecule has 0 heterocycles. The van der Waals surface area contributed by atoms with Crippen molar-refractivity contribution in [3.8, 4) is 0 Å². The number of hydrogen-bond donors (Lipinski definition) is 1. The average Bonchev–Trinajstić information content (AvgIpc) is 2.28. The van der Waals surface area contributed by atoms with Crippen molar-refractivity contribution in [2.45, 2.75) is 0 Å². The average molecular weight is 254 g/mol. The predicted octanol–water partition coefficient (Wildman–Crippen LogP) is 1.60. The number of nitrogens with one attached hydrogen (secondary N) is 1. The minimum absolute atomic E-state index is 0.0932. The molecule has 0 radical (unpaired) electrons. The third-order valence-corrected chi connectivity index (χ3v) is 2.04. The molecule has 0 aliphatic carbocycles. The van der Waals surface area contributed by atoms with E-state index in [1.54, 1.807) is 0 Å². The van der Waals surface area contributed by atoms with Gasteiger partial charge in [0.1, 0.15) is 5.69 Å². The van der Waals surface area contributed by atoms with Gasteiger partial charge in [0.2, 0.25) is 0 Å². The van der Waals surface area contributed by atoms with Crippen molar-refractivity contribution >= 4 is 23.1 Å². The van der Waals surface area contributed by atoms with Gasteiger partial charge in [-0.05, 0) is 6.07 Å². The summed E-state index contributed by atoms with van der Waals surface area (Å²) in [6.07, 6.45) is 0. The molecule has 0 spiro atoms. The van der Waals surface area contributed by atoms with E-state index in [2.05, 4.69) is 5.32 Å². The van der Waals surface area contributed by atoms with Gasteiger partial charge in [-0.2, -0.15) is 0 Å². The highest BCUT2D eigenvalue weighted by Crippen LogP contribution is 2.28. The van der Waals surface area contributed by atoms with Gasteiger partial charge in [-0.25, -0.2) is 4.79 Å². The number of nitro benzene ring substituents is 2. The van der Waals surface area contributed by atoms with E-state index in [0.29, 0.717) is 0 Å². The van der Waals surface area contributed by atoms with Crippen molar-refractivity contribution in [1.82, 2.24) is 4.90 Å². The minimum Gasteiger partial charge on any atom is -0.331 e. The molecule has 0 fully saturated rings. The number of hydrogen-bond acceptors (Lipinski definition) is 5. The molecule has 9 heteroatoms. The standard InChI is InChI=1S/C9H10N4O5/c1-11(2)9(14)10-7-4-3-6(12(15)16)5-8(7)13(17)18/h3-5H,1-2H3,(H,10,14). The van der Waals surface area contributed by atoms with Gasteiger partial charge in [0.25, 0.3) is 11.4 Å². The first-order valence-electron chi connectivity index (χ1n) is 4.74. The monoisotopic (exact) mass is 254 g/mol. The first kappa shape index (κ1) is 13.4. The maximum Gasteiger partial charge on any atom is 0.321 e. The number of benzene rings is 1. The van der Waals surface area contributed by atoms with Crippen LogP contribution in [0, 0.1) is 20.2 Å². The molecule has 9 nitrogen and oxygen atoms in total. The Hall–Kier alpha value is -2.71. The summed E-state index contributed by atoms with van der Waals surface area (Å²) in [7, 11) is 2.93. The van der Waals surface area contributed by atoms with Gasteiger partial charge in [-0.3, -0.25) is 20.2 Å². The van der Waals surface area contributed by atoms with Crippen LogP contribution in [0.3, 0.4) is 0 Å². The van der Waals surface area contributed by atoms with E-state index in [1.807, 2.05) is 0 Å². The van der Waals surface area contributed by atoms with E-state index in [1.165, 1.54) is 19.0 Å². The van der Waals surface area contributed by atoms with Crippen molar-refractivity contribution in [3.63, 3.8) is 0 Å². The number of amides is 2. The van der Waals surface area contributed by atoms with Crippen LogP contribution < -0.4 is 5.32 Å². The zero-order chi connectivity index (χ0) is 13.9. The molecular formula is C9H10N4O5. The quantitative estimate of drug-likeness (QED) is 0.648. The number of urea groups is 1. The van der Waals surface area contributed by atoms with Crippen molar-refractivity contribution < 1.29 is 14.6 Å². The molecule has 0 atom stereocenters. The van der Waals surface area contributed by atoms with Gasteiger partial charge in [0.15, 0.2) is 0 Å². The van der Waals surface area contributed by atoms with Crippen molar-refractivity contribution in [1.29, 1.82) is 0 Å². The van der Waals surface area contributed by atoms with Gasteiger partial charge in [0.05, 0.1) is 15.9 Å². The second-order valence-electron chi connectivity index (χ2n) is 3.54. The molecule has 0 saturated carbocycles. The molecule has 0 bridgehead atoms. The fraction of sp³-hybridized carbons (Fsp3) is 0.222. The lowest BCUT2D eigenvalue weighted by molar-refractivity contribution is -0.393. The zero-order valence-electron chi connectivity index (χ0n) is 9.61. The minimum atomic E-state index is -0.793. The molecule has 1 aromatic carbocycles. The van der Waals surface area contributed by atoms with Crippen LogP contribution in [-0.2, 0) is 0 Å². The smallest absolute Gasteiger partial charge is 0.321 e. The molecule has 0 aliphatic rings. The zero-order valence-corrected chi connectivity index (χ0v) is 9.61. The molecule has 0 aliphatic heterocycles. The lowest BCUT2D eigenvalue weighted by atomic mass is 10.2. The van der Waals surface area contributed by atoms with Crippen LogP contribution in [0.2, 0.25) is 0 Å². The number of carbonyl (C=O) groups excluding carboxylic acids is 1. The third-order valence-electron chi connectivity index (χ3n) is 2.04. The highest BCUT2D eigenvalue weighted by atomic mass is 16.6. The summed E-state index contributed by atoms with van der Waals surface area (Å²) < 4.78 is 0. The van der Waals surface area contributed by atoms with Crippen LogP contribution in [-0.4, -0.2) is 34.9 Å². The van der Waals surface area contributed by atoms with Crippen LogP contribution in [0.1, 0.15) is 0 Å². The maximum atomic E-state index is 11.4. The van der Waals surface area contributed by atoms with E-state index >= 15 is 0 Å². The van der Waals surface area contributed by atoms with Crippen molar-refractivity contribution in [2.24, 2.45) is 0 Å². The summed E-state index contributed by atoms with van der Waals surface area (Å²) in [5, 5.41) is 23.6. The van der Waals surface area contributed by atoms with Gasteiger partial charge >= 0.3 is 6.03 Å². The number of anilines is 1. The van der Waals surface area contributed by atoms with Gasteiger partial charge in [0, 0.05) is 20.2 Å². The number of carbonyl (C=O) groups is 1. The van der Waals surface area contributed by atoms with E-state index in [-0.39, 0.29) is 5.69 Å². The first-order chi connectivity index (χ1) is 8.32. The first-order valence-corrected chi connectivity index (χ1v) is 4.74. The van der Waals surface area contributed by atoms with Crippen molar-refractivity contribution in [2.75, 3.05) is 19.4 Å². The Morgan fingerprint density at radius 3 is 2.28 bits per heavy atom. The van der Waals surface area contributed by atoms with Crippen LogP contribution in [0.4, 0.5) is 21.9 Å². The summed E-state index contributed by atoms with van der Waals surface area (Å²) in [5.41, 5.74) is -1.03. The van der Waals surface area contributed by atoms with E-state index < -0.39 is 27.3 Å². The Morgan fingerprint density at radius 1 is 1.22 bits per heavy atom. The molecule has 0 unspecified atom stereocenters. The largest absolute Gasteiger partial charge is 0.331 e. The number of non-ortho nitro benzene ring substituents is 1. The summed E-state index contributed by atoms with van der Waals surface area (Å²) in [6, 6.07) is 2.44. The second kappa shape index (κ2) is 5.08. The Bertz CT molecular complexity index is 514. The molecule has 1 rings (SSSR count). The van der Waals surface area contributed by atoms with Gasteiger partial charge in [-0.1, -0.05) is 0 Å². The second-order valence-corrected chi connectivity index (χ2v) is 3.54. The molecule has 0 aromatic heterocycles. The molecule has 96 valence electrons. The fourth-order valence-electron chi connectivity index (χ4n) is 1.12. The van der Waals surface area contributed by atoms with Crippen molar-refractivity contribution in [3.05, 3.63) is 38.4 Å². The molecule has 0 saturated heterocycles. The Morgan fingerprint density at radius 2 is 1.83 bits per heavy atom. The van der Waals surface area contributed by atoms with Crippen LogP contribution in [0.25, 0.3) is 0 Å². The molecule has 2 amide bonds. The lowest BCUT2D eigenvalue weighted by Gasteiger charge is -2.11. The van der Waals surface area contributed by atoms with Gasteiger partial charge < -0.3 is 10.2 Å². The Balaban J connectivity index is 3.16. The fourth-order valence-corrected chi connectivity index (χ4v) is 1.12. The number of nitrogens with zero attached hydrogens (tertiary/aromatic N) is 3. The SMILES string of the molecule is CN(C)C(=O)Nc1ccc([N+](=O)[O-])cc1[N+](=O)[O-]. The molecule has 1 aromatic rings. The summed E-state index contributed by atoms with van der Waals surface area (Å²) >= 11 is 0. The van der Waals surface area contributed by atoms with Crippen LogP contribution >= 0.6 is 0 Å². The topological polar surface area (TPSA) is 119 Å². The summed E-state index contributed by atoms with van der Waals surface area (Å²) in [6.45, 7) is 0. The predicted molar refractivity (Wildman–Crippen MR) is 62.5 cm³/mol. The highest BCUT2D eigenvalue weighted by Gasteiger charge is 2.21.